The molecule has 0 saturated carbocycles. The van der Waals surface area contributed by atoms with E-state index in [2.05, 4.69) is 10.3 Å². The summed E-state index contributed by atoms with van der Waals surface area (Å²) in [7, 11) is 0. The molecule has 1 aromatic heterocycles. The van der Waals surface area contributed by atoms with Crippen LogP contribution >= 0.6 is 11.8 Å². The average Bonchev–Trinajstić information content (AvgIpc) is 3.34. The molecule has 1 aliphatic heterocycles. The van der Waals surface area contributed by atoms with Crippen LogP contribution in [0.5, 0.6) is 0 Å². The fourth-order valence-corrected chi connectivity index (χ4v) is 4.51. The van der Waals surface area contributed by atoms with Crippen LogP contribution in [0.4, 0.5) is 5.69 Å². The summed E-state index contributed by atoms with van der Waals surface area (Å²) >= 11 is 1.38. The Bertz CT molecular complexity index is 1030. The summed E-state index contributed by atoms with van der Waals surface area (Å²) in [5, 5.41) is 3.24. The molecule has 1 atom stereocenters. The number of aryl methyl sites for hydroxylation is 1. The van der Waals surface area contributed by atoms with Crippen LogP contribution in [0.15, 0.2) is 78.0 Å². The van der Waals surface area contributed by atoms with Crippen molar-refractivity contribution in [2.75, 3.05) is 18.4 Å². The fraction of sp³-hybridized carbons (Fsp3) is 0.240. The van der Waals surface area contributed by atoms with E-state index in [1.165, 1.54) is 11.8 Å². The van der Waals surface area contributed by atoms with E-state index in [0.29, 0.717) is 10.6 Å². The van der Waals surface area contributed by atoms with E-state index in [-0.39, 0.29) is 11.8 Å². The van der Waals surface area contributed by atoms with Crippen molar-refractivity contribution in [3.05, 3.63) is 89.6 Å². The van der Waals surface area contributed by atoms with Crippen molar-refractivity contribution < 1.29 is 9.59 Å². The van der Waals surface area contributed by atoms with Crippen molar-refractivity contribution in [3.63, 3.8) is 0 Å². The monoisotopic (exact) mass is 431 g/mol. The number of nitrogens with one attached hydrogen (secondary N) is 1. The van der Waals surface area contributed by atoms with Gasteiger partial charge in [0.1, 0.15) is 5.25 Å². The van der Waals surface area contributed by atoms with E-state index < -0.39 is 5.25 Å². The van der Waals surface area contributed by atoms with E-state index >= 15 is 0 Å². The minimum absolute atomic E-state index is 0.0262. The SMILES string of the molecule is Cc1ccc(NC(=O)C(Sc2ccc(C(=O)N3CCCC3)cn2)c2ccccc2)cc1. The summed E-state index contributed by atoms with van der Waals surface area (Å²) in [5.74, 6) is -0.0858. The van der Waals surface area contributed by atoms with Gasteiger partial charge in [0.05, 0.1) is 10.6 Å². The third kappa shape index (κ3) is 5.33. The maximum Gasteiger partial charge on any atom is 0.255 e. The first-order valence-electron chi connectivity index (χ1n) is 10.4. The molecule has 1 aliphatic rings. The highest BCUT2D eigenvalue weighted by Crippen LogP contribution is 2.35. The van der Waals surface area contributed by atoms with Gasteiger partial charge in [-0.1, -0.05) is 59.8 Å². The average molecular weight is 432 g/mol. The van der Waals surface area contributed by atoms with Crippen LogP contribution in [0.25, 0.3) is 0 Å². The van der Waals surface area contributed by atoms with Gasteiger partial charge >= 0.3 is 0 Å². The first-order valence-corrected chi connectivity index (χ1v) is 11.3. The molecule has 2 heterocycles. The molecule has 158 valence electrons. The number of pyridine rings is 1. The highest BCUT2D eigenvalue weighted by Gasteiger charge is 2.24. The summed E-state index contributed by atoms with van der Waals surface area (Å²) < 4.78 is 0. The molecule has 0 radical (unpaired) electrons. The highest BCUT2D eigenvalue weighted by atomic mass is 32.2. The highest BCUT2D eigenvalue weighted by molar-refractivity contribution is 8.00. The maximum atomic E-state index is 13.1. The van der Waals surface area contributed by atoms with Crippen LogP contribution in [-0.4, -0.2) is 34.8 Å². The topological polar surface area (TPSA) is 62.3 Å². The Morgan fingerprint density at radius 2 is 1.68 bits per heavy atom. The van der Waals surface area contributed by atoms with E-state index in [4.69, 9.17) is 0 Å². The zero-order valence-corrected chi connectivity index (χ0v) is 18.3. The Morgan fingerprint density at radius 1 is 0.968 bits per heavy atom. The molecule has 6 heteroatoms. The normalized spacial score (nSPS) is 14.3. The summed E-state index contributed by atoms with van der Waals surface area (Å²) in [6.45, 7) is 3.63. The van der Waals surface area contributed by atoms with Gasteiger partial charge in [-0.2, -0.15) is 0 Å². The lowest BCUT2D eigenvalue weighted by Gasteiger charge is -2.17. The maximum absolute atomic E-state index is 13.1. The second kappa shape index (κ2) is 9.79. The number of carbonyl (C=O) groups is 2. The van der Waals surface area contributed by atoms with Crippen molar-refractivity contribution in [1.29, 1.82) is 0 Å². The predicted molar refractivity (Wildman–Crippen MR) is 124 cm³/mol. The third-order valence-corrected chi connectivity index (χ3v) is 6.48. The Kier molecular flexibility index (Phi) is 6.67. The van der Waals surface area contributed by atoms with E-state index in [1.54, 1.807) is 12.3 Å². The van der Waals surface area contributed by atoms with Gasteiger partial charge in [0.25, 0.3) is 5.91 Å². The third-order valence-electron chi connectivity index (χ3n) is 5.27. The number of likely N-dealkylation sites (tertiary alicyclic amines) is 1. The zero-order chi connectivity index (χ0) is 21.6. The lowest BCUT2D eigenvalue weighted by Crippen LogP contribution is -2.27. The molecule has 3 aromatic rings. The smallest absolute Gasteiger partial charge is 0.255 e. The second-order valence-electron chi connectivity index (χ2n) is 7.65. The number of rotatable bonds is 6. The number of anilines is 1. The van der Waals surface area contributed by atoms with E-state index in [9.17, 15) is 9.59 Å². The predicted octanol–water partition coefficient (Wildman–Crippen LogP) is 5.10. The van der Waals surface area contributed by atoms with Crippen LogP contribution in [-0.2, 0) is 4.79 Å². The minimum atomic E-state index is -0.463. The Hall–Kier alpha value is -3.12. The molecule has 2 amide bonds. The van der Waals surface area contributed by atoms with E-state index in [1.807, 2.05) is 72.5 Å². The fourth-order valence-electron chi connectivity index (χ4n) is 3.55. The Labute approximate surface area is 186 Å². The quantitative estimate of drug-likeness (QED) is 0.552. The molecule has 1 fully saturated rings. The van der Waals surface area contributed by atoms with Crippen LogP contribution in [0.2, 0.25) is 0 Å². The molecular weight excluding hydrogens is 406 g/mol. The van der Waals surface area contributed by atoms with Gasteiger partial charge < -0.3 is 10.2 Å². The molecule has 0 aliphatic carbocycles. The lowest BCUT2D eigenvalue weighted by molar-refractivity contribution is -0.115. The largest absolute Gasteiger partial charge is 0.339 e. The van der Waals surface area contributed by atoms with Gasteiger partial charge in [0, 0.05) is 25.0 Å². The van der Waals surface area contributed by atoms with Crippen molar-refractivity contribution in [2.24, 2.45) is 0 Å². The molecule has 5 nitrogen and oxygen atoms in total. The summed E-state index contributed by atoms with van der Waals surface area (Å²) in [6.07, 6.45) is 3.73. The molecule has 31 heavy (non-hydrogen) atoms. The molecule has 2 aromatic carbocycles. The molecule has 4 rings (SSSR count). The Morgan fingerprint density at radius 3 is 2.32 bits per heavy atom. The van der Waals surface area contributed by atoms with Crippen molar-refractivity contribution >= 4 is 29.3 Å². The van der Waals surface area contributed by atoms with Gasteiger partial charge in [-0.05, 0) is 49.6 Å². The number of amides is 2. The Balaban J connectivity index is 1.51. The summed E-state index contributed by atoms with van der Waals surface area (Å²) in [4.78, 5) is 32.0. The first kappa shape index (κ1) is 21.1. The van der Waals surface area contributed by atoms with Crippen LogP contribution < -0.4 is 5.32 Å². The van der Waals surface area contributed by atoms with Crippen LogP contribution in [0.3, 0.4) is 0 Å². The summed E-state index contributed by atoms with van der Waals surface area (Å²) in [5.41, 5.74) is 3.39. The standard InChI is InChI=1S/C25H25N3O2S/c1-18-9-12-21(13-10-18)27-24(29)23(19-7-3-2-4-8-19)31-22-14-11-20(17-26-22)25(30)28-15-5-6-16-28/h2-4,7-14,17,23H,5-6,15-16H2,1H3,(H,27,29). The number of nitrogens with zero attached hydrogens (tertiary/aromatic N) is 2. The van der Waals surface area contributed by atoms with Gasteiger partial charge in [-0.3, -0.25) is 9.59 Å². The molecule has 1 N–H and O–H groups in total. The first-order chi connectivity index (χ1) is 15.1. The van der Waals surface area contributed by atoms with Crippen molar-refractivity contribution in [2.45, 2.75) is 30.0 Å². The second-order valence-corrected chi connectivity index (χ2v) is 8.77. The van der Waals surface area contributed by atoms with Gasteiger partial charge in [-0.15, -0.1) is 0 Å². The number of thioether (sulfide) groups is 1. The van der Waals surface area contributed by atoms with E-state index in [0.717, 1.165) is 42.7 Å². The number of benzene rings is 2. The number of hydrogen-bond acceptors (Lipinski definition) is 4. The van der Waals surface area contributed by atoms with Gasteiger partial charge in [0.2, 0.25) is 5.91 Å². The number of carbonyl (C=O) groups excluding carboxylic acids is 2. The molecule has 0 spiro atoms. The number of aromatic nitrogens is 1. The molecule has 0 bridgehead atoms. The molecule has 1 saturated heterocycles. The van der Waals surface area contributed by atoms with Crippen molar-refractivity contribution in [3.8, 4) is 0 Å². The van der Waals surface area contributed by atoms with Gasteiger partial charge in [-0.25, -0.2) is 4.98 Å². The van der Waals surface area contributed by atoms with Gasteiger partial charge in [0.15, 0.2) is 0 Å². The number of hydrogen-bond donors (Lipinski definition) is 1. The van der Waals surface area contributed by atoms with Crippen molar-refractivity contribution in [1.82, 2.24) is 9.88 Å². The molecular formula is C25H25N3O2S. The minimum Gasteiger partial charge on any atom is -0.339 e. The summed E-state index contributed by atoms with van der Waals surface area (Å²) in [6, 6.07) is 21.0. The zero-order valence-electron chi connectivity index (χ0n) is 17.5. The molecule has 1 unspecified atom stereocenters. The van der Waals surface area contributed by atoms with Crippen LogP contribution in [0, 0.1) is 6.92 Å². The lowest BCUT2D eigenvalue weighted by atomic mass is 10.1. The van der Waals surface area contributed by atoms with Crippen LogP contribution in [0.1, 0.15) is 39.6 Å².